The molecule has 154 valence electrons. The van der Waals surface area contributed by atoms with Gasteiger partial charge in [-0.2, -0.15) is 0 Å². The molecule has 0 aliphatic carbocycles. The number of nitrogens with one attached hydrogen (secondary N) is 3. The summed E-state index contributed by atoms with van der Waals surface area (Å²) in [5.74, 6) is -0.724. The van der Waals surface area contributed by atoms with Gasteiger partial charge in [0.1, 0.15) is 5.75 Å². The van der Waals surface area contributed by atoms with Gasteiger partial charge in [0, 0.05) is 11.9 Å². The third-order valence-electron chi connectivity index (χ3n) is 4.09. The second-order valence-corrected chi connectivity index (χ2v) is 6.77. The van der Waals surface area contributed by atoms with Crippen LogP contribution < -0.4 is 20.9 Å². The summed E-state index contributed by atoms with van der Waals surface area (Å²) in [4.78, 5) is 35.6. The van der Waals surface area contributed by atoms with Crippen molar-refractivity contribution < 1.29 is 19.1 Å². The van der Waals surface area contributed by atoms with Gasteiger partial charge in [-0.3, -0.25) is 25.2 Å². The highest BCUT2D eigenvalue weighted by Crippen LogP contribution is 2.25. The van der Waals surface area contributed by atoms with E-state index in [1.807, 2.05) is 19.1 Å². The number of carbonyl (C=O) groups excluding carboxylic acids is 3. The van der Waals surface area contributed by atoms with Crippen molar-refractivity contribution in [1.82, 2.24) is 16.2 Å². The van der Waals surface area contributed by atoms with Gasteiger partial charge in [-0.15, -0.1) is 0 Å². The minimum absolute atomic E-state index is 0.0943. The maximum absolute atomic E-state index is 12.2. The summed E-state index contributed by atoms with van der Waals surface area (Å²) >= 11 is 6.16. The van der Waals surface area contributed by atoms with Crippen molar-refractivity contribution >= 4 is 29.3 Å². The van der Waals surface area contributed by atoms with Crippen LogP contribution in [0.4, 0.5) is 0 Å². The lowest BCUT2D eigenvalue weighted by Gasteiger charge is -2.19. The van der Waals surface area contributed by atoms with E-state index in [0.717, 1.165) is 6.42 Å². The molecule has 0 aliphatic rings. The lowest BCUT2D eigenvalue weighted by molar-refractivity contribution is -0.130. The molecule has 0 aromatic heterocycles. The van der Waals surface area contributed by atoms with E-state index >= 15 is 0 Å². The van der Waals surface area contributed by atoms with Gasteiger partial charge in [0.2, 0.25) is 11.8 Å². The summed E-state index contributed by atoms with van der Waals surface area (Å²) < 4.78 is 5.38. The highest BCUT2D eigenvalue weighted by molar-refractivity contribution is 6.31. The molecule has 2 aromatic carbocycles. The van der Waals surface area contributed by atoms with Gasteiger partial charge >= 0.3 is 0 Å². The number of hydrazine groups is 1. The van der Waals surface area contributed by atoms with E-state index in [1.165, 1.54) is 12.5 Å². The van der Waals surface area contributed by atoms with Crippen molar-refractivity contribution in [1.29, 1.82) is 0 Å². The van der Waals surface area contributed by atoms with Gasteiger partial charge in [-0.25, -0.2) is 0 Å². The summed E-state index contributed by atoms with van der Waals surface area (Å²) in [6, 6.07) is 13.7. The Balaban J connectivity index is 1.83. The lowest BCUT2D eigenvalue weighted by Crippen LogP contribution is -2.45. The first-order valence-corrected chi connectivity index (χ1v) is 9.57. The topological polar surface area (TPSA) is 96.5 Å². The number of aryl methyl sites for hydroxylation is 1. The van der Waals surface area contributed by atoms with Crippen LogP contribution in [0.5, 0.6) is 5.75 Å². The van der Waals surface area contributed by atoms with Crippen LogP contribution in [0.3, 0.4) is 0 Å². The van der Waals surface area contributed by atoms with Gasteiger partial charge < -0.3 is 10.1 Å². The van der Waals surface area contributed by atoms with Gasteiger partial charge in [0.05, 0.1) is 12.5 Å². The molecule has 0 unspecified atom stereocenters. The molecule has 3 N–H and O–H groups in total. The summed E-state index contributed by atoms with van der Waals surface area (Å²) in [6.45, 7) is 3.16. The number of rotatable bonds is 8. The average molecular weight is 418 g/mol. The summed E-state index contributed by atoms with van der Waals surface area (Å²) in [5.41, 5.74) is 6.39. The smallest absolute Gasteiger partial charge is 0.276 e. The molecule has 7 nitrogen and oxygen atoms in total. The molecule has 0 radical (unpaired) electrons. The fourth-order valence-corrected chi connectivity index (χ4v) is 2.89. The minimum atomic E-state index is -0.619. The van der Waals surface area contributed by atoms with Crippen molar-refractivity contribution in [3.05, 3.63) is 64.7 Å². The predicted molar refractivity (Wildman–Crippen MR) is 110 cm³/mol. The average Bonchev–Trinajstić information content (AvgIpc) is 2.70. The Morgan fingerprint density at radius 3 is 2.28 bits per heavy atom. The predicted octanol–water partition coefficient (Wildman–Crippen LogP) is 2.70. The number of benzene rings is 2. The van der Waals surface area contributed by atoms with Crippen LogP contribution in [0, 0.1) is 0 Å². The number of ether oxygens (including phenoxy) is 1. The zero-order valence-electron chi connectivity index (χ0n) is 16.3. The first kappa shape index (κ1) is 22.2. The van der Waals surface area contributed by atoms with Gasteiger partial charge in [-0.05, 0) is 35.7 Å². The molecular formula is C21H24ClN3O4. The molecule has 0 fully saturated rings. The van der Waals surface area contributed by atoms with E-state index in [0.29, 0.717) is 16.3 Å². The van der Waals surface area contributed by atoms with E-state index in [9.17, 15) is 14.4 Å². The third-order valence-corrected chi connectivity index (χ3v) is 4.43. The molecule has 2 aromatic rings. The van der Waals surface area contributed by atoms with Crippen LogP contribution in [0.15, 0.2) is 48.5 Å². The second kappa shape index (κ2) is 11.1. The molecular weight excluding hydrogens is 394 g/mol. The summed E-state index contributed by atoms with van der Waals surface area (Å²) in [5, 5.41) is 3.13. The summed E-state index contributed by atoms with van der Waals surface area (Å²) in [6.07, 6.45) is 0.823. The van der Waals surface area contributed by atoms with E-state index < -0.39 is 17.9 Å². The van der Waals surface area contributed by atoms with Crippen molar-refractivity contribution in [2.24, 2.45) is 0 Å². The first-order chi connectivity index (χ1) is 13.9. The quantitative estimate of drug-likeness (QED) is 0.575. The minimum Gasteiger partial charge on any atom is -0.484 e. The molecule has 0 bridgehead atoms. The van der Waals surface area contributed by atoms with Crippen LogP contribution in [-0.2, 0) is 20.8 Å². The van der Waals surface area contributed by atoms with Crippen LogP contribution >= 0.6 is 11.6 Å². The standard InChI is InChI=1S/C21H24ClN3O4/c1-3-15-8-10-16(11-9-15)29-13-21(28)25-24-20(27)12-19(23-14(2)26)17-6-4-5-7-18(17)22/h4-11,19H,3,12-13H2,1-2H3,(H,23,26)(H,24,27)(H,25,28)/t19-/m0/s1. The van der Waals surface area contributed by atoms with Crippen LogP contribution in [0.1, 0.15) is 37.4 Å². The Hall–Kier alpha value is -3.06. The van der Waals surface area contributed by atoms with Crippen molar-refractivity contribution in [3.63, 3.8) is 0 Å². The van der Waals surface area contributed by atoms with Crippen molar-refractivity contribution in [2.45, 2.75) is 32.7 Å². The van der Waals surface area contributed by atoms with E-state index in [1.54, 1.807) is 36.4 Å². The van der Waals surface area contributed by atoms with Crippen LogP contribution in [0.2, 0.25) is 5.02 Å². The Morgan fingerprint density at radius 2 is 1.66 bits per heavy atom. The van der Waals surface area contributed by atoms with Gasteiger partial charge in [-0.1, -0.05) is 48.9 Å². The highest BCUT2D eigenvalue weighted by atomic mass is 35.5. The molecule has 2 rings (SSSR count). The normalized spacial score (nSPS) is 11.3. The molecule has 1 atom stereocenters. The van der Waals surface area contributed by atoms with Crippen LogP contribution in [0.25, 0.3) is 0 Å². The lowest BCUT2D eigenvalue weighted by atomic mass is 10.0. The third kappa shape index (κ3) is 7.46. The van der Waals surface area contributed by atoms with E-state index in [4.69, 9.17) is 16.3 Å². The maximum atomic E-state index is 12.2. The zero-order valence-corrected chi connectivity index (χ0v) is 17.1. The number of hydrogen-bond acceptors (Lipinski definition) is 4. The molecule has 0 aliphatic heterocycles. The van der Waals surface area contributed by atoms with Crippen molar-refractivity contribution in [2.75, 3.05) is 6.61 Å². The zero-order chi connectivity index (χ0) is 21.2. The molecule has 8 heteroatoms. The molecule has 0 saturated carbocycles. The number of carbonyl (C=O) groups is 3. The highest BCUT2D eigenvalue weighted by Gasteiger charge is 2.19. The SMILES string of the molecule is CCc1ccc(OCC(=O)NNC(=O)C[C@H](NC(C)=O)c2ccccc2Cl)cc1. The van der Waals surface area contributed by atoms with Gasteiger partial charge in [0.25, 0.3) is 5.91 Å². The Bertz CT molecular complexity index is 855. The van der Waals surface area contributed by atoms with Gasteiger partial charge in [0.15, 0.2) is 6.61 Å². The number of amides is 3. The molecule has 0 heterocycles. The molecule has 0 saturated heterocycles. The Morgan fingerprint density at radius 1 is 1.00 bits per heavy atom. The van der Waals surface area contributed by atoms with E-state index in [2.05, 4.69) is 16.2 Å². The fraction of sp³-hybridized carbons (Fsp3) is 0.286. The first-order valence-electron chi connectivity index (χ1n) is 9.20. The fourth-order valence-electron chi connectivity index (χ4n) is 2.62. The molecule has 3 amide bonds. The maximum Gasteiger partial charge on any atom is 0.276 e. The largest absolute Gasteiger partial charge is 0.484 e. The Labute approximate surface area is 174 Å². The molecule has 29 heavy (non-hydrogen) atoms. The molecule has 0 spiro atoms. The van der Waals surface area contributed by atoms with Crippen LogP contribution in [-0.4, -0.2) is 24.3 Å². The Kier molecular flexibility index (Phi) is 8.48. The number of halogens is 1. The second-order valence-electron chi connectivity index (χ2n) is 6.36. The summed E-state index contributed by atoms with van der Waals surface area (Å²) in [7, 11) is 0. The van der Waals surface area contributed by atoms with Crippen molar-refractivity contribution in [3.8, 4) is 5.75 Å². The monoisotopic (exact) mass is 417 g/mol. The van der Waals surface area contributed by atoms with E-state index in [-0.39, 0.29) is 18.9 Å². The number of hydrogen-bond donors (Lipinski definition) is 3.